The van der Waals surface area contributed by atoms with Crippen LogP contribution >= 0.6 is 0 Å². The zero-order valence-electron chi connectivity index (χ0n) is 14.0. The van der Waals surface area contributed by atoms with Crippen LogP contribution in [-0.2, 0) is 11.8 Å². The molecule has 1 unspecified atom stereocenters. The molecule has 0 spiro atoms. The van der Waals surface area contributed by atoms with Crippen LogP contribution in [0.3, 0.4) is 0 Å². The third kappa shape index (κ3) is 2.95. The molecule has 4 heterocycles. The van der Waals surface area contributed by atoms with Gasteiger partial charge < -0.3 is 0 Å². The number of carbonyl (C=O) groups is 1. The van der Waals surface area contributed by atoms with Crippen LogP contribution in [0.2, 0.25) is 0 Å². The van der Waals surface area contributed by atoms with E-state index in [0.717, 1.165) is 36.3 Å². The molecule has 0 saturated carbocycles. The Labute approximate surface area is 144 Å². The number of hydrogen-bond acceptors (Lipinski definition) is 4. The fourth-order valence-corrected chi connectivity index (χ4v) is 3.54. The van der Waals surface area contributed by atoms with Crippen LogP contribution in [0.25, 0.3) is 5.57 Å². The highest BCUT2D eigenvalue weighted by Crippen LogP contribution is 2.31. The summed E-state index contributed by atoms with van der Waals surface area (Å²) in [6.45, 7) is 1.37. The lowest BCUT2D eigenvalue weighted by atomic mass is 9.93. The van der Waals surface area contributed by atoms with Gasteiger partial charge in [-0.3, -0.25) is 34.4 Å². The molecule has 8 heteroatoms. The number of aromatic nitrogens is 4. The standard InChI is InChI=1S/C17H20N6O2/c1-22-14(10-16(24)21-22)12-4-7-23(17(25)8-12)15-9-13(19-20-15)11-2-5-18-6-3-11/h2,5,9-10,12H,3-4,6-8H2,1H3,(H,19,20)(H,21,24). The molecule has 2 aliphatic rings. The van der Waals surface area contributed by atoms with E-state index in [1.165, 1.54) is 0 Å². The minimum absolute atomic E-state index is 0.0298. The highest BCUT2D eigenvalue weighted by Gasteiger charge is 2.30. The molecule has 1 atom stereocenters. The van der Waals surface area contributed by atoms with E-state index >= 15 is 0 Å². The first-order valence-electron chi connectivity index (χ1n) is 8.43. The van der Waals surface area contributed by atoms with E-state index in [9.17, 15) is 9.59 Å². The molecule has 1 fully saturated rings. The van der Waals surface area contributed by atoms with Gasteiger partial charge in [-0.2, -0.15) is 5.10 Å². The maximum Gasteiger partial charge on any atom is 0.264 e. The summed E-state index contributed by atoms with van der Waals surface area (Å²) < 4.78 is 1.71. The summed E-state index contributed by atoms with van der Waals surface area (Å²) in [7, 11) is 1.80. The Hall–Kier alpha value is -2.90. The van der Waals surface area contributed by atoms with Crippen molar-refractivity contribution in [1.29, 1.82) is 0 Å². The van der Waals surface area contributed by atoms with Gasteiger partial charge in [0.1, 0.15) is 0 Å². The van der Waals surface area contributed by atoms with Crippen molar-refractivity contribution < 1.29 is 4.79 Å². The largest absolute Gasteiger partial charge is 0.295 e. The number of aromatic amines is 2. The number of nitrogens with one attached hydrogen (secondary N) is 2. The van der Waals surface area contributed by atoms with Crippen molar-refractivity contribution in [2.45, 2.75) is 25.2 Å². The summed E-state index contributed by atoms with van der Waals surface area (Å²) in [6.07, 6.45) is 5.82. The van der Waals surface area contributed by atoms with Crippen LogP contribution in [0.4, 0.5) is 5.82 Å². The minimum Gasteiger partial charge on any atom is -0.295 e. The molecule has 0 aromatic carbocycles. The SMILES string of the molecule is Cn1[nH]c(=O)cc1C1CCN(c2cc(C3=CC=NCC3)[nH]n2)C(=O)C1. The smallest absolute Gasteiger partial charge is 0.264 e. The number of allylic oxidation sites excluding steroid dienone is 1. The Morgan fingerprint density at radius 1 is 1.28 bits per heavy atom. The Bertz CT molecular complexity index is 916. The van der Waals surface area contributed by atoms with Gasteiger partial charge in [-0.15, -0.1) is 0 Å². The third-order valence-corrected chi connectivity index (χ3v) is 4.86. The second-order valence-corrected chi connectivity index (χ2v) is 6.48. The number of aliphatic imine (C=N–C) groups is 1. The first-order valence-corrected chi connectivity index (χ1v) is 8.43. The van der Waals surface area contributed by atoms with Crippen molar-refractivity contribution in [3.05, 3.63) is 40.0 Å². The third-order valence-electron chi connectivity index (χ3n) is 4.86. The van der Waals surface area contributed by atoms with Crippen molar-refractivity contribution in [1.82, 2.24) is 20.0 Å². The van der Waals surface area contributed by atoms with E-state index in [1.54, 1.807) is 28.9 Å². The Morgan fingerprint density at radius 3 is 2.84 bits per heavy atom. The molecule has 130 valence electrons. The van der Waals surface area contributed by atoms with Crippen LogP contribution in [0.5, 0.6) is 0 Å². The molecule has 0 aliphatic carbocycles. The first kappa shape index (κ1) is 15.6. The molecule has 2 N–H and O–H groups in total. The molecule has 1 amide bonds. The summed E-state index contributed by atoms with van der Waals surface area (Å²) in [5.74, 6) is 0.746. The van der Waals surface area contributed by atoms with Crippen molar-refractivity contribution in [3.8, 4) is 0 Å². The summed E-state index contributed by atoms with van der Waals surface area (Å²) in [5, 5.41) is 10.0. The van der Waals surface area contributed by atoms with Crippen molar-refractivity contribution in [3.63, 3.8) is 0 Å². The molecular formula is C17H20N6O2. The lowest BCUT2D eigenvalue weighted by Crippen LogP contribution is -2.38. The molecule has 0 bridgehead atoms. The number of amides is 1. The van der Waals surface area contributed by atoms with Crippen molar-refractivity contribution in [2.24, 2.45) is 12.0 Å². The van der Waals surface area contributed by atoms with Crippen LogP contribution in [0.15, 0.2) is 28.0 Å². The first-order chi connectivity index (χ1) is 12.1. The quantitative estimate of drug-likeness (QED) is 0.878. The number of hydrogen-bond donors (Lipinski definition) is 2. The maximum atomic E-state index is 12.6. The molecular weight excluding hydrogens is 320 g/mol. The minimum atomic E-state index is -0.131. The van der Waals surface area contributed by atoms with Crippen LogP contribution in [0.1, 0.15) is 36.6 Å². The van der Waals surface area contributed by atoms with Gasteiger partial charge in [-0.1, -0.05) is 0 Å². The summed E-state index contributed by atoms with van der Waals surface area (Å²) in [6, 6.07) is 3.51. The zero-order chi connectivity index (χ0) is 17.4. The predicted molar refractivity (Wildman–Crippen MR) is 94.9 cm³/mol. The van der Waals surface area contributed by atoms with E-state index < -0.39 is 0 Å². The highest BCUT2D eigenvalue weighted by molar-refractivity contribution is 5.94. The number of aryl methyl sites for hydroxylation is 1. The number of piperidine rings is 1. The van der Waals surface area contributed by atoms with Gasteiger partial charge in [0.15, 0.2) is 5.82 Å². The van der Waals surface area contributed by atoms with E-state index in [2.05, 4.69) is 20.3 Å². The Balaban J connectivity index is 1.50. The van der Waals surface area contributed by atoms with E-state index in [1.807, 2.05) is 12.1 Å². The van der Waals surface area contributed by atoms with Crippen molar-refractivity contribution in [2.75, 3.05) is 18.0 Å². The van der Waals surface area contributed by atoms with Gasteiger partial charge in [0.25, 0.3) is 5.56 Å². The monoisotopic (exact) mass is 340 g/mol. The Kier molecular flexibility index (Phi) is 3.87. The van der Waals surface area contributed by atoms with E-state index in [-0.39, 0.29) is 17.4 Å². The maximum absolute atomic E-state index is 12.6. The van der Waals surface area contributed by atoms with Gasteiger partial charge in [0, 0.05) is 56.5 Å². The fourth-order valence-electron chi connectivity index (χ4n) is 3.54. The lowest BCUT2D eigenvalue weighted by molar-refractivity contribution is -0.120. The summed E-state index contributed by atoms with van der Waals surface area (Å²) in [4.78, 5) is 30.0. The number of nitrogens with zero attached hydrogens (tertiary/aromatic N) is 4. The van der Waals surface area contributed by atoms with E-state index in [0.29, 0.717) is 18.8 Å². The predicted octanol–water partition coefficient (Wildman–Crippen LogP) is 1.20. The van der Waals surface area contributed by atoms with Gasteiger partial charge in [-0.25, -0.2) is 0 Å². The van der Waals surface area contributed by atoms with Crippen LogP contribution < -0.4 is 10.5 Å². The fraction of sp³-hybridized carbons (Fsp3) is 0.412. The normalized spacial score (nSPS) is 20.8. The topological polar surface area (TPSA) is 99.1 Å². The molecule has 2 aromatic heterocycles. The number of H-pyrrole nitrogens is 2. The zero-order valence-corrected chi connectivity index (χ0v) is 14.0. The number of rotatable bonds is 3. The molecule has 2 aliphatic heterocycles. The van der Waals surface area contributed by atoms with Gasteiger partial charge in [0.2, 0.25) is 5.91 Å². The molecule has 1 saturated heterocycles. The number of carbonyl (C=O) groups excluding carboxylic acids is 1. The molecule has 4 rings (SSSR count). The number of anilines is 1. The van der Waals surface area contributed by atoms with E-state index in [4.69, 9.17) is 0 Å². The second-order valence-electron chi connectivity index (χ2n) is 6.48. The van der Waals surface area contributed by atoms with Gasteiger partial charge >= 0.3 is 0 Å². The average molecular weight is 340 g/mol. The van der Waals surface area contributed by atoms with Crippen LogP contribution in [0, 0.1) is 0 Å². The van der Waals surface area contributed by atoms with Gasteiger partial charge in [0.05, 0.1) is 5.69 Å². The molecule has 25 heavy (non-hydrogen) atoms. The average Bonchev–Trinajstić information content (AvgIpc) is 3.22. The second kappa shape index (κ2) is 6.19. The highest BCUT2D eigenvalue weighted by atomic mass is 16.2. The molecule has 8 nitrogen and oxygen atoms in total. The number of dihydropyridines is 1. The summed E-state index contributed by atoms with van der Waals surface area (Å²) in [5.41, 5.74) is 2.84. The molecule has 2 aromatic rings. The Morgan fingerprint density at radius 2 is 2.16 bits per heavy atom. The lowest BCUT2D eigenvalue weighted by Gasteiger charge is -2.30. The molecule has 0 radical (unpaired) electrons. The summed E-state index contributed by atoms with van der Waals surface area (Å²) >= 11 is 0. The van der Waals surface area contributed by atoms with Crippen LogP contribution in [-0.4, -0.2) is 45.2 Å². The van der Waals surface area contributed by atoms with Crippen molar-refractivity contribution >= 4 is 23.5 Å². The van der Waals surface area contributed by atoms with Gasteiger partial charge in [-0.05, 0) is 24.5 Å².